The summed E-state index contributed by atoms with van der Waals surface area (Å²) >= 11 is 0. The highest BCUT2D eigenvalue weighted by molar-refractivity contribution is 6.33. The molecular formula is C16H17N2O3+. The van der Waals surface area contributed by atoms with Crippen molar-refractivity contribution < 1.29 is 19.1 Å². The third-order valence-corrected chi connectivity index (χ3v) is 4.50. The van der Waals surface area contributed by atoms with Gasteiger partial charge in [-0.05, 0) is 29.7 Å². The van der Waals surface area contributed by atoms with Gasteiger partial charge in [0.25, 0.3) is 12.3 Å². The Kier molecular flexibility index (Phi) is 2.74. The second-order valence-electron chi connectivity index (χ2n) is 5.79. The topological polar surface area (TPSA) is 62.5 Å². The number of hydrogen-bond acceptors (Lipinski definition) is 3. The van der Waals surface area contributed by atoms with Gasteiger partial charge < -0.3 is 9.62 Å². The molecule has 2 aromatic rings. The molecule has 21 heavy (non-hydrogen) atoms. The molecule has 1 saturated carbocycles. The number of hydroxylamine groups is 2. The highest BCUT2D eigenvalue weighted by Crippen LogP contribution is 2.26. The Bertz CT molecular complexity index is 727. The van der Waals surface area contributed by atoms with Gasteiger partial charge >= 0.3 is 5.71 Å². The van der Waals surface area contributed by atoms with E-state index in [0.29, 0.717) is 11.5 Å². The first kappa shape index (κ1) is 12.4. The maximum Gasteiger partial charge on any atom is 0.323 e. The van der Waals surface area contributed by atoms with Crippen LogP contribution in [-0.2, 0) is 0 Å². The van der Waals surface area contributed by atoms with Crippen LogP contribution in [0.15, 0.2) is 34.7 Å². The SMILES string of the molecule is [O-][N+]1=C(c2cc3ccccc3o2)C=[N+](O)[C@H]2CCCC[C@@H]21. The van der Waals surface area contributed by atoms with Crippen molar-refractivity contribution in [3.63, 3.8) is 0 Å². The molecule has 2 aliphatic rings. The van der Waals surface area contributed by atoms with Gasteiger partial charge in [0, 0.05) is 18.2 Å². The van der Waals surface area contributed by atoms with Crippen molar-refractivity contribution in [2.24, 2.45) is 0 Å². The summed E-state index contributed by atoms with van der Waals surface area (Å²) in [7, 11) is 0. The molecule has 0 saturated heterocycles. The zero-order chi connectivity index (χ0) is 14.4. The predicted octanol–water partition coefficient (Wildman–Crippen LogP) is 2.53. The molecule has 5 nitrogen and oxygen atoms in total. The lowest BCUT2D eigenvalue weighted by Gasteiger charge is -2.27. The number of benzene rings is 1. The Morgan fingerprint density at radius 2 is 1.90 bits per heavy atom. The van der Waals surface area contributed by atoms with Crippen molar-refractivity contribution >= 4 is 22.9 Å². The monoisotopic (exact) mass is 285 g/mol. The molecule has 2 heterocycles. The lowest BCUT2D eigenvalue weighted by molar-refractivity contribution is -0.819. The van der Waals surface area contributed by atoms with Crippen LogP contribution in [0.2, 0.25) is 0 Å². The van der Waals surface area contributed by atoms with Gasteiger partial charge in [-0.2, -0.15) is 4.74 Å². The summed E-state index contributed by atoms with van der Waals surface area (Å²) in [5.41, 5.74) is 1.15. The molecule has 1 N–H and O–H groups in total. The minimum atomic E-state index is -0.197. The molecule has 4 rings (SSSR count). The van der Waals surface area contributed by atoms with Gasteiger partial charge in [0.05, 0.1) is 0 Å². The summed E-state index contributed by atoms with van der Waals surface area (Å²) < 4.78 is 7.98. The molecule has 1 aromatic carbocycles. The first-order valence-electron chi connectivity index (χ1n) is 7.38. The Balaban J connectivity index is 1.82. The van der Waals surface area contributed by atoms with Crippen molar-refractivity contribution in [1.29, 1.82) is 0 Å². The van der Waals surface area contributed by atoms with Crippen LogP contribution >= 0.6 is 0 Å². The van der Waals surface area contributed by atoms with Gasteiger partial charge in [-0.1, -0.05) is 18.2 Å². The van der Waals surface area contributed by atoms with Crippen molar-refractivity contribution in [3.05, 3.63) is 41.3 Å². The summed E-state index contributed by atoms with van der Waals surface area (Å²) in [4.78, 5) is 0. The van der Waals surface area contributed by atoms with E-state index in [9.17, 15) is 10.4 Å². The normalized spacial score (nSPS) is 25.8. The highest BCUT2D eigenvalue weighted by atomic mass is 16.5. The van der Waals surface area contributed by atoms with Gasteiger partial charge in [-0.15, -0.1) is 0 Å². The number of hydrogen-bond donors (Lipinski definition) is 1. The van der Waals surface area contributed by atoms with E-state index in [0.717, 1.165) is 41.4 Å². The number of nitrogens with zero attached hydrogens (tertiary/aromatic N) is 2. The lowest BCUT2D eigenvalue weighted by Crippen LogP contribution is -2.51. The van der Waals surface area contributed by atoms with Crippen LogP contribution in [0.4, 0.5) is 0 Å². The van der Waals surface area contributed by atoms with E-state index in [1.54, 1.807) is 0 Å². The molecule has 2 atom stereocenters. The van der Waals surface area contributed by atoms with Gasteiger partial charge in [-0.25, -0.2) is 0 Å². The average molecular weight is 285 g/mol. The minimum absolute atomic E-state index is 0.107. The maximum atomic E-state index is 12.6. The van der Waals surface area contributed by atoms with Gasteiger partial charge in [0.1, 0.15) is 5.58 Å². The van der Waals surface area contributed by atoms with E-state index < -0.39 is 0 Å². The predicted molar refractivity (Wildman–Crippen MR) is 78.1 cm³/mol. The van der Waals surface area contributed by atoms with Crippen LogP contribution in [0.25, 0.3) is 11.0 Å². The molecule has 5 heteroatoms. The second-order valence-corrected chi connectivity index (χ2v) is 5.79. The van der Waals surface area contributed by atoms with Crippen molar-refractivity contribution in [2.75, 3.05) is 0 Å². The van der Waals surface area contributed by atoms with Crippen molar-refractivity contribution in [3.8, 4) is 0 Å². The van der Waals surface area contributed by atoms with Gasteiger partial charge in [0.15, 0.2) is 0 Å². The lowest BCUT2D eigenvalue weighted by atomic mass is 9.89. The largest absolute Gasteiger partial charge is 0.623 e. The van der Waals surface area contributed by atoms with E-state index in [1.807, 2.05) is 30.3 Å². The molecule has 0 bridgehead atoms. The summed E-state index contributed by atoms with van der Waals surface area (Å²) in [6, 6.07) is 9.19. The third kappa shape index (κ3) is 1.92. The first-order valence-corrected chi connectivity index (χ1v) is 7.38. The fraction of sp³-hybridized carbons (Fsp3) is 0.375. The Hall–Kier alpha value is -2.30. The summed E-state index contributed by atoms with van der Waals surface area (Å²) in [6.07, 6.45) is 5.24. The molecule has 1 fully saturated rings. The molecule has 1 aliphatic carbocycles. The van der Waals surface area contributed by atoms with Crippen LogP contribution in [0.1, 0.15) is 31.4 Å². The van der Waals surface area contributed by atoms with Crippen LogP contribution in [0, 0.1) is 5.21 Å². The third-order valence-electron chi connectivity index (χ3n) is 4.50. The Morgan fingerprint density at radius 3 is 2.71 bits per heavy atom. The number of furan rings is 1. The maximum absolute atomic E-state index is 12.6. The van der Waals surface area contributed by atoms with Crippen molar-refractivity contribution in [1.82, 2.24) is 0 Å². The fourth-order valence-corrected chi connectivity index (χ4v) is 3.41. The van der Waals surface area contributed by atoms with E-state index in [1.165, 1.54) is 11.0 Å². The van der Waals surface area contributed by atoms with E-state index in [-0.39, 0.29) is 12.1 Å². The summed E-state index contributed by atoms with van der Waals surface area (Å²) in [6.45, 7) is 0. The van der Waals surface area contributed by atoms with E-state index in [4.69, 9.17) is 4.42 Å². The van der Waals surface area contributed by atoms with Crippen LogP contribution in [-0.4, -0.2) is 38.7 Å². The number of para-hydroxylation sites is 1. The van der Waals surface area contributed by atoms with Crippen LogP contribution < -0.4 is 0 Å². The first-order chi connectivity index (χ1) is 10.2. The Morgan fingerprint density at radius 1 is 1.14 bits per heavy atom. The van der Waals surface area contributed by atoms with Crippen LogP contribution in [0.3, 0.4) is 0 Å². The zero-order valence-electron chi connectivity index (χ0n) is 11.6. The van der Waals surface area contributed by atoms with E-state index in [2.05, 4.69) is 0 Å². The number of fused-ring (bicyclic) bond motifs is 2. The molecule has 1 aliphatic heterocycles. The minimum Gasteiger partial charge on any atom is -0.623 e. The fourth-order valence-electron chi connectivity index (χ4n) is 3.41. The second kappa shape index (κ2) is 4.62. The van der Waals surface area contributed by atoms with Crippen molar-refractivity contribution in [2.45, 2.75) is 37.8 Å². The number of rotatable bonds is 1. The molecule has 108 valence electrons. The van der Waals surface area contributed by atoms with Gasteiger partial charge in [-0.3, -0.25) is 5.21 Å². The van der Waals surface area contributed by atoms with Gasteiger partial charge in [0.2, 0.25) is 11.8 Å². The molecule has 0 amide bonds. The summed E-state index contributed by atoms with van der Waals surface area (Å²) in [5, 5.41) is 23.8. The average Bonchev–Trinajstić information content (AvgIpc) is 2.94. The smallest absolute Gasteiger partial charge is 0.323 e. The highest BCUT2D eigenvalue weighted by Gasteiger charge is 2.46. The molecular weight excluding hydrogens is 268 g/mol. The standard InChI is InChI=1S/C16H17N2O3/c19-17-10-14(18(20)13-7-3-2-6-12(13)17)16-9-11-5-1-4-8-15(11)21-16/h1,4-5,8-10,12-13,19H,2-3,6-7H2/q+1/t12-,13-/m0/s1. The quantitative estimate of drug-likeness (QED) is 0.497. The molecule has 0 unspecified atom stereocenters. The summed E-state index contributed by atoms with van der Waals surface area (Å²) in [5.74, 6) is 0.509. The molecule has 1 aromatic heterocycles. The molecule has 0 radical (unpaired) electrons. The zero-order valence-corrected chi connectivity index (χ0v) is 11.6. The van der Waals surface area contributed by atoms with E-state index >= 15 is 0 Å². The van der Waals surface area contributed by atoms with Crippen LogP contribution in [0.5, 0.6) is 0 Å². The Labute approximate surface area is 122 Å². The molecule has 0 spiro atoms.